The highest BCUT2D eigenvalue weighted by atomic mass is 19.4. The first-order chi connectivity index (χ1) is 14.5. The Bertz CT molecular complexity index is 965. The Balaban J connectivity index is 1.84. The van der Waals surface area contributed by atoms with Crippen LogP contribution in [0.3, 0.4) is 0 Å². The zero-order chi connectivity index (χ0) is 22.8. The predicted octanol–water partition coefficient (Wildman–Crippen LogP) is 4.26. The van der Waals surface area contributed by atoms with E-state index in [1.807, 2.05) is 5.32 Å². The van der Waals surface area contributed by atoms with Crippen LogP contribution >= 0.6 is 0 Å². The summed E-state index contributed by atoms with van der Waals surface area (Å²) in [6, 6.07) is 1.62. The number of furan rings is 1. The van der Waals surface area contributed by atoms with Gasteiger partial charge in [-0.25, -0.2) is 0 Å². The van der Waals surface area contributed by atoms with Crippen LogP contribution in [0.25, 0.3) is 6.08 Å². The highest BCUT2D eigenvalue weighted by Crippen LogP contribution is 2.38. The van der Waals surface area contributed by atoms with Gasteiger partial charge in [-0.3, -0.25) is 10.1 Å². The van der Waals surface area contributed by atoms with Gasteiger partial charge in [0.05, 0.1) is 5.56 Å². The lowest BCUT2D eigenvalue weighted by molar-refractivity contribution is -0.167. The van der Waals surface area contributed by atoms with E-state index in [9.17, 15) is 36.2 Å². The molecule has 31 heavy (non-hydrogen) atoms. The lowest BCUT2D eigenvalue weighted by Crippen LogP contribution is -2.36. The fourth-order valence-electron chi connectivity index (χ4n) is 3.31. The van der Waals surface area contributed by atoms with Crippen LogP contribution in [0.5, 0.6) is 0 Å². The molecule has 1 aliphatic carbocycles. The third kappa shape index (κ3) is 5.47. The number of aryl methyl sites for hydroxylation is 1. The molecule has 1 heterocycles. The smallest absolute Gasteiger partial charge is 0.416 e. The van der Waals surface area contributed by atoms with Crippen molar-refractivity contribution in [2.45, 2.75) is 37.5 Å². The van der Waals surface area contributed by atoms with E-state index >= 15 is 0 Å². The Kier molecular flexibility index (Phi) is 6.46. The number of halogens is 6. The summed E-state index contributed by atoms with van der Waals surface area (Å²) in [6.07, 6.45) is -8.50. The van der Waals surface area contributed by atoms with Crippen molar-refractivity contribution >= 4 is 12.5 Å². The molecular formula is C20H18F6N2O3. The highest BCUT2D eigenvalue weighted by Gasteiger charge is 2.43. The second-order valence-electron chi connectivity index (χ2n) is 7.00. The number of alkyl halides is 6. The lowest BCUT2D eigenvalue weighted by Gasteiger charge is -2.25. The fraction of sp³-hybridized carbons (Fsp3) is 0.350. The average molecular weight is 448 g/mol. The van der Waals surface area contributed by atoms with Gasteiger partial charge in [0.2, 0.25) is 6.41 Å². The van der Waals surface area contributed by atoms with Crippen molar-refractivity contribution in [3.63, 3.8) is 0 Å². The molecule has 2 unspecified atom stereocenters. The van der Waals surface area contributed by atoms with Crippen molar-refractivity contribution < 1.29 is 40.7 Å². The SMILES string of the molecule is O=CNCC1=Cc2cc(C(O)NC(c3cccc(C(F)(F)F)c3)C(F)(F)F)oc2CC1. The topological polar surface area (TPSA) is 74.5 Å². The number of nitrogens with one attached hydrogen (secondary N) is 2. The number of amides is 1. The molecule has 0 spiro atoms. The lowest BCUT2D eigenvalue weighted by atomic mass is 9.98. The third-order valence-electron chi connectivity index (χ3n) is 4.77. The second kappa shape index (κ2) is 8.75. The summed E-state index contributed by atoms with van der Waals surface area (Å²) < 4.78 is 84.9. The number of hydrogen-bond donors (Lipinski definition) is 3. The molecule has 0 bridgehead atoms. The third-order valence-corrected chi connectivity index (χ3v) is 4.77. The molecule has 1 aliphatic rings. The average Bonchev–Trinajstić information content (AvgIpc) is 3.12. The molecule has 0 radical (unpaired) electrons. The van der Waals surface area contributed by atoms with Crippen LogP contribution in [0.4, 0.5) is 26.3 Å². The fourth-order valence-corrected chi connectivity index (χ4v) is 3.31. The normalized spacial score (nSPS) is 16.3. The summed E-state index contributed by atoms with van der Waals surface area (Å²) in [5, 5.41) is 14.7. The summed E-state index contributed by atoms with van der Waals surface area (Å²) in [5.41, 5.74) is -0.510. The van der Waals surface area contributed by atoms with Gasteiger partial charge in [0, 0.05) is 18.5 Å². The van der Waals surface area contributed by atoms with E-state index in [1.165, 1.54) is 6.07 Å². The van der Waals surface area contributed by atoms with Crippen LogP contribution in [0.15, 0.2) is 40.3 Å². The summed E-state index contributed by atoms with van der Waals surface area (Å²) in [5.74, 6) is 0.250. The first kappa shape index (κ1) is 22.9. The molecular weight excluding hydrogens is 430 g/mol. The zero-order valence-electron chi connectivity index (χ0n) is 15.8. The van der Waals surface area contributed by atoms with Gasteiger partial charge in [-0.2, -0.15) is 26.3 Å². The molecule has 5 nitrogen and oxygen atoms in total. The standard InChI is InChI=1S/C20H18F6N2O3/c21-19(22,23)14-3-1-2-12(7-14)17(20(24,25)26)28-18(30)16-8-13-6-11(9-27-10-29)4-5-15(13)31-16/h1-3,6-8,10,17-18,28,30H,4-5,9H2,(H,27,29). The number of aliphatic hydroxyl groups excluding tert-OH is 1. The molecule has 0 fully saturated rings. The maximum Gasteiger partial charge on any atom is 0.416 e. The molecule has 1 amide bonds. The maximum atomic E-state index is 13.6. The maximum absolute atomic E-state index is 13.6. The summed E-state index contributed by atoms with van der Waals surface area (Å²) >= 11 is 0. The largest absolute Gasteiger partial charge is 0.461 e. The van der Waals surface area contributed by atoms with E-state index in [0.717, 1.165) is 17.7 Å². The molecule has 3 rings (SSSR count). The minimum atomic E-state index is -4.98. The Labute approximate surface area is 172 Å². The molecule has 0 saturated heterocycles. The molecule has 0 saturated carbocycles. The van der Waals surface area contributed by atoms with Crippen molar-refractivity contribution in [1.29, 1.82) is 0 Å². The van der Waals surface area contributed by atoms with Crippen LogP contribution in [0, 0.1) is 0 Å². The van der Waals surface area contributed by atoms with Gasteiger partial charge in [0.1, 0.15) is 17.6 Å². The molecule has 11 heteroatoms. The van der Waals surface area contributed by atoms with Gasteiger partial charge in [0.15, 0.2) is 6.23 Å². The van der Waals surface area contributed by atoms with Crippen LogP contribution < -0.4 is 10.6 Å². The van der Waals surface area contributed by atoms with Gasteiger partial charge < -0.3 is 14.8 Å². The van der Waals surface area contributed by atoms with E-state index in [-0.39, 0.29) is 5.76 Å². The second-order valence-corrected chi connectivity index (χ2v) is 7.00. The van der Waals surface area contributed by atoms with Crippen LogP contribution in [0.2, 0.25) is 0 Å². The predicted molar refractivity (Wildman–Crippen MR) is 97.4 cm³/mol. The Morgan fingerprint density at radius 2 is 1.87 bits per heavy atom. The number of benzene rings is 1. The van der Waals surface area contributed by atoms with Crippen molar-refractivity contribution in [2.24, 2.45) is 0 Å². The van der Waals surface area contributed by atoms with Crippen molar-refractivity contribution in [3.05, 3.63) is 64.1 Å². The first-order valence-corrected chi connectivity index (χ1v) is 9.16. The summed E-state index contributed by atoms with van der Waals surface area (Å²) in [4.78, 5) is 10.4. The van der Waals surface area contributed by atoms with E-state index in [1.54, 1.807) is 6.08 Å². The minimum Gasteiger partial charge on any atom is -0.461 e. The molecule has 2 atom stereocenters. The van der Waals surface area contributed by atoms with Crippen molar-refractivity contribution in [2.75, 3.05) is 6.54 Å². The molecule has 0 aliphatic heterocycles. The van der Waals surface area contributed by atoms with Gasteiger partial charge in [-0.05, 0) is 35.8 Å². The monoisotopic (exact) mass is 448 g/mol. The van der Waals surface area contributed by atoms with Gasteiger partial charge in [-0.1, -0.05) is 18.2 Å². The van der Waals surface area contributed by atoms with Crippen LogP contribution in [-0.4, -0.2) is 24.2 Å². The molecule has 3 N–H and O–H groups in total. The number of carbonyl (C=O) groups excluding carboxylic acids is 1. The van der Waals surface area contributed by atoms with E-state index < -0.39 is 35.7 Å². The number of rotatable bonds is 7. The van der Waals surface area contributed by atoms with Crippen molar-refractivity contribution in [3.8, 4) is 0 Å². The summed E-state index contributed by atoms with van der Waals surface area (Å²) in [6.45, 7) is 0.302. The van der Waals surface area contributed by atoms with Crippen molar-refractivity contribution in [1.82, 2.24) is 10.6 Å². The Morgan fingerprint density at radius 1 is 1.13 bits per heavy atom. The van der Waals surface area contributed by atoms with Gasteiger partial charge >= 0.3 is 12.4 Å². The Hall–Kier alpha value is -2.79. The van der Waals surface area contributed by atoms with Crippen LogP contribution in [-0.2, 0) is 17.4 Å². The van der Waals surface area contributed by atoms with Gasteiger partial charge in [-0.15, -0.1) is 0 Å². The van der Waals surface area contributed by atoms with E-state index in [0.29, 0.717) is 49.3 Å². The van der Waals surface area contributed by atoms with E-state index in [2.05, 4.69) is 5.32 Å². The summed E-state index contributed by atoms with van der Waals surface area (Å²) in [7, 11) is 0. The molecule has 2 aromatic rings. The highest BCUT2D eigenvalue weighted by molar-refractivity contribution is 5.59. The first-order valence-electron chi connectivity index (χ1n) is 9.16. The quantitative estimate of drug-likeness (QED) is 0.336. The minimum absolute atomic E-state index is 0.202. The van der Waals surface area contributed by atoms with Gasteiger partial charge in [0.25, 0.3) is 0 Å². The number of carbonyl (C=O) groups is 1. The molecule has 1 aromatic carbocycles. The number of fused-ring (bicyclic) bond motifs is 1. The number of hydrogen-bond acceptors (Lipinski definition) is 4. The Morgan fingerprint density at radius 3 is 2.52 bits per heavy atom. The number of aliphatic hydroxyl groups is 1. The van der Waals surface area contributed by atoms with Crippen LogP contribution in [0.1, 0.15) is 46.9 Å². The molecule has 168 valence electrons. The van der Waals surface area contributed by atoms with E-state index in [4.69, 9.17) is 4.42 Å². The zero-order valence-corrected chi connectivity index (χ0v) is 15.8. The molecule has 1 aromatic heterocycles.